The number of rotatable bonds is 17. The summed E-state index contributed by atoms with van der Waals surface area (Å²) in [5.41, 5.74) is 1.80. The Balaban J connectivity index is 1.96. The summed E-state index contributed by atoms with van der Waals surface area (Å²) >= 11 is 0. The number of hydrogen-bond acceptors (Lipinski definition) is 5. The smallest absolute Gasteiger partial charge is 0.305 e. The first-order chi connectivity index (χ1) is 19.8. The van der Waals surface area contributed by atoms with Crippen molar-refractivity contribution in [1.82, 2.24) is 16.0 Å². The van der Waals surface area contributed by atoms with Gasteiger partial charge in [-0.25, -0.2) is 8.78 Å². The molecule has 11 heteroatoms. The summed E-state index contributed by atoms with van der Waals surface area (Å²) < 4.78 is 29.7. The maximum absolute atomic E-state index is 14.9. The van der Waals surface area contributed by atoms with Crippen LogP contribution in [-0.4, -0.2) is 64.1 Å². The Morgan fingerprint density at radius 1 is 0.810 bits per heavy atom. The van der Waals surface area contributed by atoms with Crippen LogP contribution in [-0.2, 0) is 32.0 Å². The van der Waals surface area contributed by atoms with Crippen molar-refractivity contribution in [2.75, 3.05) is 0 Å². The molecular weight excluding hydrogens is 548 g/mol. The summed E-state index contributed by atoms with van der Waals surface area (Å²) in [6.07, 6.45) is -3.16. The molecule has 230 valence electrons. The van der Waals surface area contributed by atoms with Gasteiger partial charge in [-0.05, 0) is 43.2 Å². The number of aliphatic hydroxyl groups is 1. The van der Waals surface area contributed by atoms with E-state index in [9.17, 15) is 38.2 Å². The molecule has 2 aromatic carbocycles. The van der Waals surface area contributed by atoms with E-state index in [-0.39, 0.29) is 24.7 Å². The summed E-state index contributed by atoms with van der Waals surface area (Å²) in [4.78, 5) is 49.6. The highest BCUT2D eigenvalue weighted by Gasteiger charge is 2.44. The largest absolute Gasteiger partial charge is 0.481 e. The van der Waals surface area contributed by atoms with Crippen molar-refractivity contribution >= 4 is 23.7 Å². The second kappa shape index (κ2) is 16.5. The molecule has 5 N–H and O–H groups in total. The van der Waals surface area contributed by atoms with Crippen LogP contribution >= 0.6 is 0 Å². The minimum atomic E-state index is -3.68. The minimum absolute atomic E-state index is 0.0297. The van der Waals surface area contributed by atoms with Crippen molar-refractivity contribution in [1.29, 1.82) is 0 Å². The van der Waals surface area contributed by atoms with E-state index in [0.29, 0.717) is 12.8 Å². The first-order valence-corrected chi connectivity index (χ1v) is 14.1. The molecular formula is C31H41F2N3O6. The average molecular weight is 590 g/mol. The van der Waals surface area contributed by atoms with E-state index in [2.05, 4.69) is 16.0 Å². The molecule has 0 fully saturated rings. The van der Waals surface area contributed by atoms with E-state index in [0.717, 1.165) is 11.1 Å². The normalized spacial score (nSPS) is 14.4. The molecule has 0 saturated carbocycles. The van der Waals surface area contributed by atoms with Gasteiger partial charge in [-0.3, -0.25) is 19.2 Å². The van der Waals surface area contributed by atoms with E-state index in [1.807, 2.05) is 30.3 Å². The third-order valence-electron chi connectivity index (χ3n) is 6.86. The lowest BCUT2D eigenvalue weighted by atomic mass is 9.96. The zero-order valence-electron chi connectivity index (χ0n) is 24.2. The Kier molecular flexibility index (Phi) is 13.5. The Bertz CT molecular complexity index is 1160. The molecule has 0 aliphatic heterocycles. The highest BCUT2D eigenvalue weighted by Crippen LogP contribution is 2.29. The van der Waals surface area contributed by atoms with Gasteiger partial charge >= 0.3 is 5.97 Å². The predicted molar refractivity (Wildman–Crippen MR) is 154 cm³/mol. The van der Waals surface area contributed by atoms with Crippen molar-refractivity contribution < 1.29 is 38.2 Å². The SMILES string of the molecule is CC(C)[C@H](NC(=O)CCc1ccccc1)C(=O)N[C@@H](C)C(=O)NC(CC(=O)O)C(O)C(F)(F)CCCc1ccccc1. The average Bonchev–Trinajstić information content (AvgIpc) is 2.94. The molecule has 42 heavy (non-hydrogen) atoms. The molecule has 0 radical (unpaired) electrons. The first-order valence-electron chi connectivity index (χ1n) is 14.1. The van der Waals surface area contributed by atoms with Gasteiger partial charge in [0.05, 0.1) is 12.5 Å². The number of aryl methyl sites for hydroxylation is 2. The highest BCUT2D eigenvalue weighted by atomic mass is 19.3. The van der Waals surface area contributed by atoms with E-state index in [1.54, 1.807) is 44.2 Å². The number of carboxylic acids is 1. The van der Waals surface area contributed by atoms with Crippen molar-refractivity contribution in [2.45, 2.75) is 89.4 Å². The number of alkyl halides is 2. The summed E-state index contributed by atoms with van der Waals surface area (Å²) in [5, 5.41) is 26.9. The molecule has 0 bridgehead atoms. The Labute approximate surface area is 245 Å². The fourth-order valence-corrected chi connectivity index (χ4v) is 4.40. The number of amides is 3. The van der Waals surface area contributed by atoms with E-state index in [1.165, 1.54) is 6.92 Å². The molecule has 4 atom stereocenters. The number of aliphatic hydroxyl groups excluding tert-OH is 1. The van der Waals surface area contributed by atoms with Crippen LogP contribution in [0.25, 0.3) is 0 Å². The van der Waals surface area contributed by atoms with Crippen LogP contribution in [0.5, 0.6) is 0 Å². The van der Waals surface area contributed by atoms with E-state index >= 15 is 0 Å². The molecule has 0 aliphatic rings. The standard InChI is InChI=1S/C31H41F2N3O6/c1-20(2)27(36-25(37)17-16-23-13-8-5-9-14-23)30(42)34-21(3)29(41)35-24(19-26(38)39)28(40)31(32,33)18-10-15-22-11-6-4-7-12-22/h4-9,11-14,20-21,24,27-28,40H,10,15-19H2,1-3H3,(H,34,42)(H,35,41)(H,36,37)(H,38,39)/t21-,24?,27-,28?/m0/s1. The van der Waals surface area contributed by atoms with Crippen LogP contribution in [0.15, 0.2) is 60.7 Å². The van der Waals surface area contributed by atoms with E-state index in [4.69, 9.17) is 0 Å². The third-order valence-corrected chi connectivity index (χ3v) is 6.86. The molecule has 2 aromatic rings. The number of nitrogens with one attached hydrogen (secondary N) is 3. The molecule has 0 heterocycles. The summed E-state index contributed by atoms with van der Waals surface area (Å²) in [5.74, 6) is -7.48. The van der Waals surface area contributed by atoms with Crippen LogP contribution in [0.1, 0.15) is 57.6 Å². The van der Waals surface area contributed by atoms with Gasteiger partial charge in [-0.1, -0.05) is 74.5 Å². The van der Waals surface area contributed by atoms with Gasteiger partial charge in [0.15, 0.2) is 0 Å². The maximum atomic E-state index is 14.9. The summed E-state index contributed by atoms with van der Waals surface area (Å²) in [6, 6.07) is 14.2. The number of carbonyl (C=O) groups excluding carboxylic acids is 3. The highest BCUT2D eigenvalue weighted by molar-refractivity contribution is 5.92. The van der Waals surface area contributed by atoms with Crippen molar-refractivity contribution in [3.8, 4) is 0 Å². The van der Waals surface area contributed by atoms with Crippen LogP contribution in [0.4, 0.5) is 8.78 Å². The van der Waals surface area contributed by atoms with Crippen LogP contribution in [0.2, 0.25) is 0 Å². The summed E-state index contributed by atoms with van der Waals surface area (Å²) in [7, 11) is 0. The monoisotopic (exact) mass is 589 g/mol. The zero-order valence-corrected chi connectivity index (χ0v) is 24.2. The lowest BCUT2D eigenvalue weighted by Gasteiger charge is -2.31. The molecule has 2 unspecified atom stereocenters. The number of carbonyl (C=O) groups is 4. The molecule has 0 spiro atoms. The van der Waals surface area contributed by atoms with Gasteiger partial charge in [0.2, 0.25) is 17.7 Å². The first kappa shape index (κ1) is 34.3. The number of aliphatic carboxylic acids is 1. The van der Waals surface area contributed by atoms with Crippen LogP contribution in [0.3, 0.4) is 0 Å². The van der Waals surface area contributed by atoms with Crippen molar-refractivity contribution in [3.63, 3.8) is 0 Å². The third kappa shape index (κ3) is 11.6. The van der Waals surface area contributed by atoms with Gasteiger partial charge in [-0.2, -0.15) is 0 Å². The van der Waals surface area contributed by atoms with Gasteiger partial charge < -0.3 is 26.2 Å². The Morgan fingerprint density at radius 3 is 1.88 bits per heavy atom. The van der Waals surface area contributed by atoms with Crippen LogP contribution in [0, 0.1) is 5.92 Å². The summed E-state index contributed by atoms with van der Waals surface area (Å²) in [6.45, 7) is 4.72. The molecule has 0 aromatic heterocycles. The van der Waals surface area contributed by atoms with Crippen molar-refractivity contribution in [3.05, 3.63) is 71.8 Å². The number of hydrogen-bond donors (Lipinski definition) is 5. The lowest BCUT2D eigenvalue weighted by Crippen LogP contribution is -2.58. The quantitative estimate of drug-likeness (QED) is 0.192. The second-order valence-corrected chi connectivity index (χ2v) is 10.8. The molecule has 2 rings (SSSR count). The van der Waals surface area contributed by atoms with Gasteiger partial charge in [0.25, 0.3) is 5.92 Å². The van der Waals surface area contributed by atoms with E-state index < -0.39 is 60.8 Å². The van der Waals surface area contributed by atoms with Crippen molar-refractivity contribution in [2.24, 2.45) is 5.92 Å². The van der Waals surface area contributed by atoms with Gasteiger partial charge in [0, 0.05) is 12.8 Å². The Morgan fingerprint density at radius 2 is 1.36 bits per heavy atom. The maximum Gasteiger partial charge on any atom is 0.305 e. The van der Waals surface area contributed by atoms with Crippen LogP contribution < -0.4 is 16.0 Å². The Hall–Kier alpha value is -3.86. The zero-order chi connectivity index (χ0) is 31.3. The number of carboxylic acid groups (broad SMARTS) is 1. The molecule has 3 amide bonds. The molecule has 9 nitrogen and oxygen atoms in total. The minimum Gasteiger partial charge on any atom is -0.481 e. The fourth-order valence-electron chi connectivity index (χ4n) is 4.40. The molecule has 0 aliphatic carbocycles. The topological polar surface area (TPSA) is 145 Å². The molecule has 0 saturated heterocycles. The van der Waals surface area contributed by atoms with Gasteiger partial charge in [0.1, 0.15) is 18.2 Å². The lowest BCUT2D eigenvalue weighted by molar-refractivity contribution is -0.149. The number of halogens is 2. The number of benzene rings is 2. The van der Waals surface area contributed by atoms with Gasteiger partial charge in [-0.15, -0.1) is 0 Å². The fraction of sp³-hybridized carbons (Fsp3) is 0.484. The predicted octanol–water partition coefficient (Wildman–Crippen LogP) is 3.24. The second-order valence-electron chi connectivity index (χ2n) is 10.8.